The molecule has 0 unspecified atom stereocenters. The van der Waals surface area contributed by atoms with Crippen LogP contribution in [0.1, 0.15) is 47.7 Å². The van der Waals surface area contributed by atoms with Crippen LogP contribution in [0.4, 0.5) is 5.69 Å². The van der Waals surface area contributed by atoms with E-state index in [0.717, 1.165) is 0 Å². The molecule has 1 aromatic carbocycles. The molecule has 2 amide bonds. The molecule has 0 saturated carbocycles. The Bertz CT molecular complexity index is 844. The molecule has 8 heteroatoms. The second-order valence-electron chi connectivity index (χ2n) is 6.91. The number of carbonyl (C=O) groups is 3. The predicted molar refractivity (Wildman–Crippen MR) is 106 cm³/mol. The Morgan fingerprint density at radius 2 is 1.89 bits per heavy atom. The molecule has 0 spiro atoms. The van der Waals surface area contributed by atoms with Crippen LogP contribution in [0.15, 0.2) is 35.7 Å². The van der Waals surface area contributed by atoms with E-state index in [4.69, 9.17) is 16.3 Å². The minimum absolute atomic E-state index is 0.111. The number of amides is 2. The van der Waals surface area contributed by atoms with Crippen molar-refractivity contribution in [1.29, 1.82) is 0 Å². The maximum Gasteiger partial charge on any atom is 0.341 e. The van der Waals surface area contributed by atoms with Gasteiger partial charge in [0.15, 0.2) is 6.10 Å². The lowest BCUT2D eigenvalue weighted by Gasteiger charge is -2.23. The molecule has 0 bridgehead atoms. The standard InChI is InChI=1S/C19H21ClN2O4S/c1-11(16(23)22-19(2,3)4)26-18(25)13-8-7-12(20)10-14(13)21-17(24)15-6-5-9-27-15/h5-11H,1-4H3,(H,21,24)(H,22,23)/t11-/m1/s1. The van der Waals surface area contributed by atoms with Crippen LogP contribution in [0.5, 0.6) is 0 Å². The van der Waals surface area contributed by atoms with Gasteiger partial charge >= 0.3 is 5.97 Å². The number of nitrogens with one attached hydrogen (secondary N) is 2. The number of halogens is 1. The van der Waals surface area contributed by atoms with Crippen molar-refractivity contribution < 1.29 is 19.1 Å². The minimum Gasteiger partial charge on any atom is -0.449 e. The lowest BCUT2D eigenvalue weighted by molar-refractivity contribution is -0.130. The second-order valence-corrected chi connectivity index (χ2v) is 8.29. The molecular weight excluding hydrogens is 388 g/mol. The van der Waals surface area contributed by atoms with Gasteiger partial charge in [0.05, 0.1) is 16.1 Å². The summed E-state index contributed by atoms with van der Waals surface area (Å²) in [6, 6.07) is 7.84. The smallest absolute Gasteiger partial charge is 0.341 e. The summed E-state index contributed by atoms with van der Waals surface area (Å²) >= 11 is 7.27. The number of ether oxygens (including phenoxy) is 1. The number of anilines is 1. The molecule has 2 rings (SSSR count). The number of esters is 1. The lowest BCUT2D eigenvalue weighted by atomic mass is 10.1. The largest absolute Gasteiger partial charge is 0.449 e. The van der Waals surface area contributed by atoms with Crippen LogP contribution in [-0.4, -0.2) is 29.4 Å². The first-order valence-corrected chi connectivity index (χ1v) is 9.50. The van der Waals surface area contributed by atoms with Gasteiger partial charge in [0, 0.05) is 10.6 Å². The van der Waals surface area contributed by atoms with Gasteiger partial charge in [-0.2, -0.15) is 0 Å². The van der Waals surface area contributed by atoms with Crippen LogP contribution in [-0.2, 0) is 9.53 Å². The van der Waals surface area contributed by atoms with E-state index in [0.29, 0.717) is 9.90 Å². The van der Waals surface area contributed by atoms with Gasteiger partial charge in [-0.15, -0.1) is 11.3 Å². The third kappa shape index (κ3) is 6.08. The molecule has 6 nitrogen and oxygen atoms in total. The predicted octanol–water partition coefficient (Wildman–Crippen LogP) is 4.11. The van der Waals surface area contributed by atoms with Gasteiger partial charge in [-0.25, -0.2) is 4.79 Å². The molecule has 27 heavy (non-hydrogen) atoms. The van der Waals surface area contributed by atoms with E-state index in [-0.39, 0.29) is 17.2 Å². The molecule has 1 aromatic heterocycles. The van der Waals surface area contributed by atoms with Gasteiger partial charge < -0.3 is 15.4 Å². The molecule has 2 aromatic rings. The Kier molecular flexibility index (Phi) is 6.62. The summed E-state index contributed by atoms with van der Waals surface area (Å²) in [5.41, 5.74) is -0.119. The molecule has 2 N–H and O–H groups in total. The Balaban J connectivity index is 2.16. The molecular formula is C19H21ClN2O4S. The average Bonchev–Trinajstić information content (AvgIpc) is 3.07. The summed E-state index contributed by atoms with van der Waals surface area (Å²) in [5, 5.41) is 7.53. The van der Waals surface area contributed by atoms with Crippen molar-refractivity contribution in [3.8, 4) is 0 Å². The van der Waals surface area contributed by atoms with Crippen molar-refractivity contribution in [3.05, 3.63) is 51.2 Å². The third-order valence-corrected chi connectivity index (χ3v) is 4.45. The fraction of sp³-hybridized carbons (Fsp3) is 0.316. The monoisotopic (exact) mass is 408 g/mol. The number of thiophene rings is 1. The Morgan fingerprint density at radius 1 is 1.19 bits per heavy atom. The summed E-state index contributed by atoms with van der Waals surface area (Å²) in [6.07, 6.45) is -0.992. The first-order valence-electron chi connectivity index (χ1n) is 8.24. The highest BCUT2D eigenvalue weighted by atomic mass is 35.5. The van der Waals surface area contributed by atoms with Gasteiger partial charge in [-0.3, -0.25) is 9.59 Å². The zero-order chi connectivity index (χ0) is 20.2. The van der Waals surface area contributed by atoms with Gasteiger partial charge in [-0.1, -0.05) is 17.7 Å². The van der Waals surface area contributed by atoms with E-state index in [2.05, 4.69) is 10.6 Å². The van der Waals surface area contributed by atoms with Crippen molar-refractivity contribution in [2.24, 2.45) is 0 Å². The molecule has 1 atom stereocenters. The average molecular weight is 409 g/mol. The number of carbonyl (C=O) groups excluding carboxylic acids is 3. The van der Waals surface area contributed by atoms with E-state index in [1.807, 2.05) is 20.8 Å². The summed E-state index contributed by atoms with van der Waals surface area (Å²) in [5.74, 6) is -1.50. The molecule has 1 heterocycles. The maximum absolute atomic E-state index is 12.5. The molecule has 0 fully saturated rings. The summed E-state index contributed by atoms with van der Waals surface area (Å²) in [7, 11) is 0. The number of hydrogen-bond donors (Lipinski definition) is 2. The van der Waals surface area contributed by atoms with Crippen molar-refractivity contribution in [3.63, 3.8) is 0 Å². The topological polar surface area (TPSA) is 84.5 Å². The molecule has 0 aliphatic rings. The first kappa shape index (κ1) is 20.9. The van der Waals surface area contributed by atoms with Crippen molar-refractivity contribution in [2.75, 3.05) is 5.32 Å². The summed E-state index contributed by atoms with van der Waals surface area (Å²) in [4.78, 5) is 37.4. The quantitative estimate of drug-likeness (QED) is 0.729. The molecule has 0 radical (unpaired) electrons. The normalized spacial score (nSPS) is 12.2. The number of benzene rings is 1. The van der Waals surface area contributed by atoms with Crippen LogP contribution in [0.25, 0.3) is 0 Å². The van der Waals surface area contributed by atoms with Gasteiger partial charge in [0.25, 0.3) is 11.8 Å². The molecule has 0 aliphatic heterocycles. The van der Waals surface area contributed by atoms with Crippen molar-refractivity contribution in [1.82, 2.24) is 5.32 Å². The SMILES string of the molecule is C[C@@H](OC(=O)c1ccc(Cl)cc1NC(=O)c1cccs1)C(=O)NC(C)(C)C. The highest BCUT2D eigenvalue weighted by molar-refractivity contribution is 7.12. The number of hydrogen-bond acceptors (Lipinski definition) is 5. The zero-order valence-electron chi connectivity index (χ0n) is 15.5. The van der Waals surface area contributed by atoms with Gasteiger partial charge in [-0.05, 0) is 57.3 Å². The van der Waals surface area contributed by atoms with Crippen LogP contribution in [0, 0.1) is 0 Å². The van der Waals surface area contributed by atoms with Crippen LogP contribution in [0.2, 0.25) is 5.02 Å². The van der Waals surface area contributed by atoms with E-state index >= 15 is 0 Å². The van der Waals surface area contributed by atoms with E-state index < -0.39 is 23.5 Å². The lowest BCUT2D eigenvalue weighted by Crippen LogP contribution is -2.46. The summed E-state index contributed by atoms with van der Waals surface area (Å²) in [6.45, 7) is 6.98. The highest BCUT2D eigenvalue weighted by Crippen LogP contribution is 2.24. The molecule has 0 aliphatic carbocycles. The second kappa shape index (κ2) is 8.54. The van der Waals surface area contributed by atoms with Gasteiger partial charge in [0.1, 0.15) is 0 Å². The van der Waals surface area contributed by atoms with E-state index in [1.165, 1.54) is 36.5 Å². The summed E-state index contributed by atoms with van der Waals surface area (Å²) < 4.78 is 5.25. The zero-order valence-corrected chi connectivity index (χ0v) is 17.0. The van der Waals surface area contributed by atoms with E-state index in [1.54, 1.807) is 17.5 Å². The molecule has 144 valence electrons. The van der Waals surface area contributed by atoms with Crippen LogP contribution >= 0.6 is 22.9 Å². The third-order valence-electron chi connectivity index (χ3n) is 3.35. The fourth-order valence-electron chi connectivity index (χ4n) is 2.14. The Morgan fingerprint density at radius 3 is 2.48 bits per heavy atom. The van der Waals surface area contributed by atoms with Crippen LogP contribution < -0.4 is 10.6 Å². The fourth-order valence-corrected chi connectivity index (χ4v) is 2.93. The minimum atomic E-state index is -0.992. The number of rotatable bonds is 5. The maximum atomic E-state index is 12.5. The molecule has 0 saturated heterocycles. The van der Waals surface area contributed by atoms with E-state index in [9.17, 15) is 14.4 Å². The van der Waals surface area contributed by atoms with Gasteiger partial charge in [0.2, 0.25) is 0 Å². The van der Waals surface area contributed by atoms with Crippen molar-refractivity contribution in [2.45, 2.75) is 39.3 Å². The first-order chi connectivity index (χ1) is 12.6. The highest BCUT2D eigenvalue weighted by Gasteiger charge is 2.24. The Hall–Kier alpha value is -2.38. The van der Waals surface area contributed by atoms with Crippen LogP contribution in [0.3, 0.4) is 0 Å². The van der Waals surface area contributed by atoms with Crippen molar-refractivity contribution >= 4 is 46.4 Å². The Labute approximate surface area is 166 Å².